The van der Waals surface area contributed by atoms with Gasteiger partial charge in [0.25, 0.3) is 0 Å². The zero-order chi connectivity index (χ0) is 51.3. The fourth-order valence-corrected chi connectivity index (χ4v) is 7.61. The number of aliphatic hydroxyl groups excluding tert-OH is 1. The highest BCUT2D eigenvalue weighted by Gasteiger charge is 2.28. The Kier molecular flexibility index (Phi) is 49.1. The molecule has 2 N–H and O–H groups in total. The van der Waals surface area contributed by atoms with E-state index in [1.54, 1.807) is 0 Å². The Morgan fingerprint density at radius 2 is 0.771 bits per heavy atom. The van der Waals surface area contributed by atoms with E-state index in [-0.39, 0.29) is 25.9 Å². The van der Waals surface area contributed by atoms with Gasteiger partial charge in [0.05, 0.1) is 19.8 Å². The van der Waals surface area contributed by atoms with Crippen molar-refractivity contribution in [1.29, 1.82) is 0 Å². The quantitative estimate of drug-likeness (QED) is 0.0197. The van der Waals surface area contributed by atoms with Crippen molar-refractivity contribution in [3.05, 3.63) is 97.2 Å². The Morgan fingerprint density at radius 1 is 0.414 bits per heavy atom. The molecular formula is C58H97O11P. The van der Waals surface area contributed by atoms with Crippen LogP contribution < -0.4 is 0 Å². The third-order valence-electron chi connectivity index (χ3n) is 10.9. The van der Waals surface area contributed by atoms with Crippen LogP contribution in [0.1, 0.15) is 213 Å². The first-order valence-corrected chi connectivity index (χ1v) is 28.6. The van der Waals surface area contributed by atoms with Gasteiger partial charge in [0.1, 0.15) is 12.7 Å². The lowest BCUT2D eigenvalue weighted by atomic mass is 10.1. The van der Waals surface area contributed by atoms with Crippen LogP contribution in [0.4, 0.5) is 0 Å². The second kappa shape index (κ2) is 51.7. The first kappa shape index (κ1) is 66.4. The van der Waals surface area contributed by atoms with E-state index in [2.05, 4.69) is 118 Å². The van der Waals surface area contributed by atoms with Crippen molar-refractivity contribution in [1.82, 2.24) is 0 Å². The maximum atomic E-state index is 12.9. The summed E-state index contributed by atoms with van der Waals surface area (Å²) < 4.78 is 39.4. The smallest absolute Gasteiger partial charge is 0.462 e. The number of rotatable bonds is 49. The summed E-state index contributed by atoms with van der Waals surface area (Å²) in [6.07, 6.45) is 59.4. The molecule has 0 spiro atoms. The molecule has 0 fully saturated rings. The van der Waals surface area contributed by atoms with Gasteiger partial charge >= 0.3 is 25.7 Å². The van der Waals surface area contributed by atoms with Gasteiger partial charge in [-0.15, -0.1) is 0 Å². The summed E-state index contributed by atoms with van der Waals surface area (Å²) in [4.78, 5) is 48.4. The predicted molar refractivity (Wildman–Crippen MR) is 288 cm³/mol. The van der Waals surface area contributed by atoms with Gasteiger partial charge in [-0.25, -0.2) is 4.57 Å². The first-order valence-electron chi connectivity index (χ1n) is 27.1. The third-order valence-corrected chi connectivity index (χ3v) is 11.9. The molecular weight excluding hydrogens is 904 g/mol. The zero-order valence-corrected chi connectivity index (χ0v) is 44.8. The summed E-state index contributed by atoms with van der Waals surface area (Å²) in [7, 11) is -4.77. The number of allylic oxidation sites excluding steroid dienone is 16. The van der Waals surface area contributed by atoms with Gasteiger partial charge in [0.15, 0.2) is 6.10 Å². The maximum absolute atomic E-state index is 12.9. The average Bonchev–Trinajstić information content (AvgIpc) is 3.35. The highest BCUT2D eigenvalue weighted by atomic mass is 31.2. The molecule has 0 aliphatic heterocycles. The van der Waals surface area contributed by atoms with E-state index in [0.29, 0.717) is 19.3 Å². The van der Waals surface area contributed by atoms with E-state index in [9.17, 15) is 28.9 Å². The molecule has 3 atom stereocenters. The number of carbonyl (C=O) groups is 3. The number of hydrogen-bond donors (Lipinski definition) is 2. The normalized spacial score (nSPS) is 14.2. The van der Waals surface area contributed by atoms with E-state index in [4.69, 9.17) is 23.3 Å². The van der Waals surface area contributed by atoms with Gasteiger partial charge < -0.3 is 24.2 Å². The minimum Gasteiger partial charge on any atom is -0.462 e. The van der Waals surface area contributed by atoms with Crippen LogP contribution in [-0.2, 0) is 42.2 Å². The molecule has 0 aromatic rings. The van der Waals surface area contributed by atoms with Crippen molar-refractivity contribution in [2.24, 2.45) is 0 Å². The van der Waals surface area contributed by atoms with E-state index in [0.717, 1.165) is 135 Å². The van der Waals surface area contributed by atoms with Gasteiger partial charge in [-0.2, -0.15) is 0 Å². The summed E-state index contributed by atoms with van der Waals surface area (Å²) in [5, 5.41) is 9.78. The molecule has 12 heteroatoms. The lowest BCUT2D eigenvalue weighted by Crippen LogP contribution is -2.30. The molecule has 0 saturated heterocycles. The number of carbonyl (C=O) groups excluding carboxylic acids is 3. The summed E-state index contributed by atoms with van der Waals surface area (Å²) in [5.74, 6) is -1.56. The molecule has 0 aliphatic rings. The molecule has 11 nitrogen and oxygen atoms in total. The predicted octanol–water partition coefficient (Wildman–Crippen LogP) is 15.7. The molecule has 0 aromatic carbocycles. The minimum absolute atomic E-state index is 0.107. The minimum atomic E-state index is -4.77. The molecule has 3 unspecified atom stereocenters. The van der Waals surface area contributed by atoms with Crippen molar-refractivity contribution in [2.45, 2.75) is 226 Å². The molecule has 400 valence electrons. The second-order valence-corrected chi connectivity index (χ2v) is 19.1. The summed E-state index contributed by atoms with van der Waals surface area (Å²) in [6, 6.07) is 0. The van der Waals surface area contributed by atoms with Crippen LogP contribution in [-0.4, -0.2) is 66.5 Å². The van der Waals surface area contributed by atoms with Gasteiger partial charge in [0.2, 0.25) is 0 Å². The van der Waals surface area contributed by atoms with Crippen LogP contribution in [0.5, 0.6) is 0 Å². The van der Waals surface area contributed by atoms with Crippen LogP contribution in [0.25, 0.3) is 0 Å². The number of unbranched alkanes of at least 4 members (excludes halogenated alkanes) is 16. The molecule has 0 aromatic heterocycles. The van der Waals surface area contributed by atoms with Gasteiger partial charge in [0, 0.05) is 19.3 Å². The fourth-order valence-electron chi connectivity index (χ4n) is 6.82. The van der Waals surface area contributed by atoms with Crippen molar-refractivity contribution < 1.29 is 52.2 Å². The van der Waals surface area contributed by atoms with Crippen LogP contribution in [0.2, 0.25) is 0 Å². The topological polar surface area (TPSA) is 155 Å². The largest absolute Gasteiger partial charge is 0.472 e. The average molecular weight is 1000 g/mol. The van der Waals surface area contributed by atoms with Gasteiger partial charge in [-0.3, -0.25) is 23.4 Å². The number of phosphoric acid groups is 1. The van der Waals surface area contributed by atoms with Crippen LogP contribution in [0.3, 0.4) is 0 Å². The van der Waals surface area contributed by atoms with E-state index >= 15 is 0 Å². The molecule has 0 aliphatic carbocycles. The van der Waals surface area contributed by atoms with E-state index < -0.39 is 57.8 Å². The molecule has 0 saturated carbocycles. The Labute approximate surface area is 425 Å². The number of hydrogen-bond acceptors (Lipinski definition) is 10. The fraction of sp³-hybridized carbons (Fsp3) is 0.672. The first-order chi connectivity index (χ1) is 34.2. The molecule has 70 heavy (non-hydrogen) atoms. The van der Waals surface area contributed by atoms with Gasteiger partial charge in [-0.1, -0.05) is 176 Å². The van der Waals surface area contributed by atoms with Crippen LogP contribution >= 0.6 is 7.82 Å². The lowest BCUT2D eigenvalue weighted by molar-refractivity contribution is -0.161. The highest BCUT2D eigenvalue weighted by molar-refractivity contribution is 7.47. The molecule has 0 bridgehead atoms. The zero-order valence-electron chi connectivity index (χ0n) is 43.9. The van der Waals surface area contributed by atoms with Gasteiger partial charge in [-0.05, 0) is 116 Å². The molecule has 0 amide bonds. The summed E-state index contributed by atoms with van der Waals surface area (Å²) in [5.41, 5.74) is 0. The van der Waals surface area contributed by atoms with Crippen molar-refractivity contribution in [2.75, 3.05) is 26.4 Å². The standard InChI is InChI=1S/C58H97O11P/c1-4-7-10-13-16-19-22-25-27-30-32-35-38-41-44-47-56(60)65-51-55(69-58(62)49-46-43-40-37-34-31-28-26-23-20-17-14-11-8-5-2)53-67-70(63,64)66-52-54(50-59)68-57(61)48-45-42-39-36-33-29-24-21-18-15-12-9-6-3/h8,11-12,15-17,19-21,24-28,34,37,54-55,59H,4-7,9-10,13-14,18,22-23,29-33,35-36,38-53H2,1-3H3,(H,63,64)/b11-8-,15-12-,19-16-,20-17-,24-21-,27-25-,28-26-,37-34-. The monoisotopic (exact) mass is 1000 g/mol. The van der Waals surface area contributed by atoms with Crippen molar-refractivity contribution in [3.63, 3.8) is 0 Å². The number of phosphoric ester groups is 1. The summed E-state index contributed by atoms with van der Waals surface area (Å²) >= 11 is 0. The Hall–Kier alpha value is -3.60. The lowest BCUT2D eigenvalue weighted by Gasteiger charge is -2.21. The Balaban J connectivity index is 4.84. The number of esters is 3. The third kappa shape index (κ3) is 49.4. The SMILES string of the molecule is CC/C=C\C/C=C\C/C=C\C/C=C\CCCCC(=O)OC(COC(=O)CCCCCCC/C=C\C/C=C\CCCCC)COP(=O)(O)OCC(CO)OC(=O)CCCCCCC/C=C\C/C=C\CCC. The van der Waals surface area contributed by atoms with E-state index in [1.807, 2.05) is 0 Å². The number of ether oxygens (including phenoxy) is 3. The number of aliphatic hydroxyl groups is 1. The van der Waals surface area contributed by atoms with Crippen LogP contribution in [0.15, 0.2) is 97.2 Å². The second-order valence-electron chi connectivity index (χ2n) is 17.7. The molecule has 0 radical (unpaired) electrons. The van der Waals surface area contributed by atoms with Crippen LogP contribution in [0, 0.1) is 0 Å². The maximum Gasteiger partial charge on any atom is 0.472 e. The molecule has 0 rings (SSSR count). The van der Waals surface area contributed by atoms with E-state index in [1.165, 1.54) is 19.3 Å². The Bertz CT molecular complexity index is 1540. The summed E-state index contributed by atoms with van der Waals surface area (Å²) in [6.45, 7) is 4.34. The highest BCUT2D eigenvalue weighted by Crippen LogP contribution is 2.43. The Morgan fingerprint density at radius 3 is 1.23 bits per heavy atom. The van der Waals surface area contributed by atoms with Crippen molar-refractivity contribution in [3.8, 4) is 0 Å². The molecule has 0 heterocycles. The van der Waals surface area contributed by atoms with Crippen molar-refractivity contribution >= 4 is 25.7 Å².